The molecule has 4 nitrogen and oxygen atoms in total. The molecule has 6 heteroatoms. The first kappa shape index (κ1) is 14.7. The molecule has 2 aromatic heterocycles. The van der Waals surface area contributed by atoms with Crippen LogP contribution in [0, 0.1) is 0 Å². The van der Waals surface area contributed by atoms with Crippen molar-refractivity contribution in [3.05, 3.63) is 21.8 Å². The largest absolute Gasteiger partial charge is 0.339 e. The highest BCUT2D eigenvalue weighted by Crippen LogP contribution is 2.29. The maximum Gasteiger partial charge on any atom is 0.229 e. The van der Waals surface area contributed by atoms with E-state index in [1.54, 1.807) is 11.3 Å². The summed E-state index contributed by atoms with van der Waals surface area (Å²) in [7, 11) is 0. The SMILES string of the molecule is CC(N)CCCC(C)c1nc(-c2cc(Br)cs2)no1. The molecule has 0 aromatic carbocycles. The van der Waals surface area contributed by atoms with Crippen LogP contribution in [0.4, 0.5) is 0 Å². The molecule has 0 aliphatic heterocycles. The fraction of sp³-hybridized carbons (Fsp3) is 0.538. The van der Waals surface area contributed by atoms with E-state index in [0.717, 1.165) is 28.6 Å². The first-order valence-electron chi connectivity index (χ1n) is 6.40. The van der Waals surface area contributed by atoms with Gasteiger partial charge in [0.05, 0.1) is 4.88 Å². The van der Waals surface area contributed by atoms with Gasteiger partial charge in [0.15, 0.2) is 0 Å². The lowest BCUT2D eigenvalue weighted by Gasteiger charge is -2.07. The van der Waals surface area contributed by atoms with Crippen molar-refractivity contribution in [1.29, 1.82) is 0 Å². The number of hydrogen-bond donors (Lipinski definition) is 1. The second kappa shape index (κ2) is 6.63. The zero-order valence-electron chi connectivity index (χ0n) is 11.1. The van der Waals surface area contributed by atoms with Crippen LogP contribution in [0.25, 0.3) is 10.7 Å². The van der Waals surface area contributed by atoms with Crippen molar-refractivity contribution < 1.29 is 4.52 Å². The Morgan fingerprint density at radius 2 is 2.21 bits per heavy atom. The maximum atomic E-state index is 5.75. The quantitative estimate of drug-likeness (QED) is 0.854. The Kier molecular flexibility index (Phi) is 5.13. The van der Waals surface area contributed by atoms with Gasteiger partial charge in [0.1, 0.15) is 0 Å². The van der Waals surface area contributed by atoms with Crippen molar-refractivity contribution in [2.45, 2.75) is 45.1 Å². The van der Waals surface area contributed by atoms with Crippen molar-refractivity contribution in [3.63, 3.8) is 0 Å². The summed E-state index contributed by atoms with van der Waals surface area (Å²) in [5, 5.41) is 6.05. The van der Waals surface area contributed by atoms with E-state index in [2.05, 4.69) is 33.0 Å². The summed E-state index contributed by atoms with van der Waals surface area (Å²) >= 11 is 5.03. The molecule has 2 aromatic rings. The number of thiophene rings is 1. The van der Waals surface area contributed by atoms with E-state index in [4.69, 9.17) is 10.3 Å². The minimum atomic E-state index is 0.258. The van der Waals surface area contributed by atoms with Crippen LogP contribution in [0.3, 0.4) is 0 Å². The number of nitrogens with zero attached hydrogens (tertiary/aromatic N) is 2. The smallest absolute Gasteiger partial charge is 0.229 e. The Morgan fingerprint density at radius 1 is 1.42 bits per heavy atom. The lowest BCUT2D eigenvalue weighted by molar-refractivity contribution is 0.350. The minimum Gasteiger partial charge on any atom is -0.339 e. The second-order valence-electron chi connectivity index (χ2n) is 4.89. The average Bonchev–Trinajstić information content (AvgIpc) is 2.96. The van der Waals surface area contributed by atoms with E-state index in [1.165, 1.54) is 0 Å². The third kappa shape index (κ3) is 4.12. The van der Waals surface area contributed by atoms with Crippen LogP contribution >= 0.6 is 27.3 Å². The molecule has 2 heterocycles. The number of aromatic nitrogens is 2. The third-order valence-corrected chi connectivity index (χ3v) is 4.63. The molecule has 0 bridgehead atoms. The van der Waals surface area contributed by atoms with Crippen LogP contribution in [-0.4, -0.2) is 16.2 Å². The molecule has 0 aliphatic rings. The fourth-order valence-corrected chi connectivity index (χ4v) is 3.19. The highest BCUT2D eigenvalue weighted by Gasteiger charge is 2.16. The number of nitrogens with two attached hydrogens (primary N) is 1. The van der Waals surface area contributed by atoms with E-state index >= 15 is 0 Å². The summed E-state index contributed by atoms with van der Waals surface area (Å²) in [5.41, 5.74) is 5.75. The zero-order chi connectivity index (χ0) is 13.8. The molecule has 104 valence electrons. The van der Waals surface area contributed by atoms with Gasteiger partial charge in [-0.15, -0.1) is 11.3 Å². The Labute approximate surface area is 125 Å². The van der Waals surface area contributed by atoms with Gasteiger partial charge in [-0.25, -0.2) is 0 Å². The average molecular weight is 344 g/mol. The topological polar surface area (TPSA) is 64.9 Å². The molecule has 0 aliphatic carbocycles. The monoisotopic (exact) mass is 343 g/mol. The molecule has 0 saturated carbocycles. The second-order valence-corrected chi connectivity index (χ2v) is 6.72. The van der Waals surface area contributed by atoms with E-state index in [-0.39, 0.29) is 12.0 Å². The molecular weight excluding hydrogens is 326 g/mol. The van der Waals surface area contributed by atoms with Gasteiger partial charge in [-0.2, -0.15) is 4.98 Å². The number of rotatable bonds is 6. The Bertz CT molecular complexity index is 523. The standard InChI is InChI=1S/C13H18BrN3OS/c1-8(4-3-5-9(2)15)13-16-12(17-18-13)11-6-10(14)7-19-11/h6-9H,3-5,15H2,1-2H3. The Balaban J connectivity index is 1.96. The first-order chi connectivity index (χ1) is 9.06. The Hall–Kier alpha value is -0.720. The molecule has 2 rings (SSSR count). The lowest BCUT2D eigenvalue weighted by atomic mass is 10.0. The molecule has 2 N–H and O–H groups in total. The van der Waals surface area contributed by atoms with Gasteiger partial charge in [-0.3, -0.25) is 0 Å². The normalized spacial score (nSPS) is 14.5. The predicted molar refractivity (Wildman–Crippen MR) is 81.2 cm³/mol. The fourth-order valence-electron chi connectivity index (χ4n) is 1.84. The van der Waals surface area contributed by atoms with Gasteiger partial charge in [-0.1, -0.05) is 18.5 Å². The molecule has 2 unspecified atom stereocenters. The maximum absolute atomic E-state index is 5.75. The molecule has 0 saturated heterocycles. The summed E-state index contributed by atoms with van der Waals surface area (Å²) in [6.07, 6.45) is 3.14. The van der Waals surface area contributed by atoms with Crippen molar-refractivity contribution >= 4 is 27.3 Å². The van der Waals surface area contributed by atoms with E-state index in [9.17, 15) is 0 Å². The summed E-state index contributed by atoms with van der Waals surface area (Å²) < 4.78 is 6.39. The summed E-state index contributed by atoms with van der Waals surface area (Å²) in [6.45, 7) is 4.15. The van der Waals surface area contributed by atoms with E-state index in [0.29, 0.717) is 11.7 Å². The third-order valence-electron chi connectivity index (χ3n) is 2.95. The summed E-state index contributed by atoms with van der Waals surface area (Å²) in [4.78, 5) is 5.49. The molecular formula is C13H18BrN3OS. The Morgan fingerprint density at radius 3 is 2.84 bits per heavy atom. The molecule has 0 fully saturated rings. The zero-order valence-corrected chi connectivity index (χ0v) is 13.5. The van der Waals surface area contributed by atoms with Crippen LogP contribution in [0.15, 0.2) is 20.4 Å². The van der Waals surface area contributed by atoms with Gasteiger partial charge in [0, 0.05) is 21.8 Å². The summed E-state index contributed by atoms with van der Waals surface area (Å²) in [6, 6.07) is 2.26. The van der Waals surface area contributed by atoms with E-state index < -0.39 is 0 Å². The molecule has 0 amide bonds. The van der Waals surface area contributed by atoms with Gasteiger partial charge in [0.25, 0.3) is 0 Å². The van der Waals surface area contributed by atoms with Crippen molar-refractivity contribution in [1.82, 2.24) is 10.1 Å². The first-order valence-corrected chi connectivity index (χ1v) is 8.07. The van der Waals surface area contributed by atoms with Crippen molar-refractivity contribution in [2.24, 2.45) is 5.73 Å². The van der Waals surface area contributed by atoms with Crippen LogP contribution in [0.5, 0.6) is 0 Å². The molecule has 0 radical (unpaired) electrons. The van der Waals surface area contributed by atoms with Gasteiger partial charge in [-0.05, 0) is 41.8 Å². The van der Waals surface area contributed by atoms with Crippen LogP contribution in [-0.2, 0) is 0 Å². The number of halogens is 1. The van der Waals surface area contributed by atoms with Crippen LogP contribution in [0.1, 0.15) is 44.9 Å². The van der Waals surface area contributed by atoms with Gasteiger partial charge in [0.2, 0.25) is 11.7 Å². The van der Waals surface area contributed by atoms with Gasteiger partial charge < -0.3 is 10.3 Å². The van der Waals surface area contributed by atoms with Crippen molar-refractivity contribution in [2.75, 3.05) is 0 Å². The van der Waals surface area contributed by atoms with Crippen LogP contribution < -0.4 is 5.73 Å². The highest BCUT2D eigenvalue weighted by atomic mass is 79.9. The molecule has 19 heavy (non-hydrogen) atoms. The van der Waals surface area contributed by atoms with Crippen LogP contribution in [0.2, 0.25) is 0 Å². The predicted octanol–water partition coefficient (Wildman–Crippen LogP) is 4.18. The molecule has 0 spiro atoms. The molecule has 2 atom stereocenters. The lowest BCUT2D eigenvalue weighted by Crippen LogP contribution is -2.14. The minimum absolute atomic E-state index is 0.258. The highest BCUT2D eigenvalue weighted by molar-refractivity contribution is 9.10. The van der Waals surface area contributed by atoms with E-state index in [1.807, 2.05) is 18.4 Å². The van der Waals surface area contributed by atoms with Crippen molar-refractivity contribution in [3.8, 4) is 10.7 Å². The van der Waals surface area contributed by atoms with Gasteiger partial charge >= 0.3 is 0 Å². The number of hydrogen-bond acceptors (Lipinski definition) is 5. The summed E-state index contributed by atoms with van der Waals surface area (Å²) in [5.74, 6) is 1.66.